The highest BCUT2D eigenvalue weighted by Gasteiger charge is 2.32. The van der Waals surface area contributed by atoms with Crippen molar-refractivity contribution in [3.8, 4) is 23.0 Å². The molecule has 0 aliphatic carbocycles. The van der Waals surface area contributed by atoms with E-state index in [1.165, 1.54) is 0 Å². The second-order valence-electron chi connectivity index (χ2n) is 6.90. The molecule has 1 fully saturated rings. The van der Waals surface area contributed by atoms with Crippen molar-refractivity contribution in [1.82, 2.24) is 4.90 Å². The zero-order chi connectivity index (χ0) is 21.5. The van der Waals surface area contributed by atoms with Crippen LogP contribution >= 0.6 is 0 Å². The van der Waals surface area contributed by atoms with Crippen LogP contribution in [0.5, 0.6) is 23.0 Å². The first kappa shape index (κ1) is 21.5. The van der Waals surface area contributed by atoms with Crippen molar-refractivity contribution in [2.75, 3.05) is 34.0 Å². The highest BCUT2D eigenvalue weighted by Crippen LogP contribution is 2.39. The summed E-state index contributed by atoms with van der Waals surface area (Å²) in [6, 6.07) is 10.4. The van der Waals surface area contributed by atoms with Crippen LogP contribution in [-0.2, 0) is 4.79 Å². The lowest BCUT2D eigenvalue weighted by Gasteiger charge is -2.27. The van der Waals surface area contributed by atoms with Gasteiger partial charge in [0, 0.05) is 17.7 Å². The van der Waals surface area contributed by atoms with E-state index >= 15 is 0 Å². The minimum atomic E-state index is -0.122. The van der Waals surface area contributed by atoms with Crippen molar-refractivity contribution < 1.29 is 28.5 Å². The van der Waals surface area contributed by atoms with E-state index in [0.29, 0.717) is 30.2 Å². The maximum Gasteiger partial charge on any atom is 0.261 e. The van der Waals surface area contributed by atoms with E-state index < -0.39 is 0 Å². The SMILES string of the molecule is CCOc1cc(C=O)ccc1OCC(=O)N1CCC[C@H]1c1cc(OC)ccc1OC. The Bertz CT molecular complexity index is 897. The molecule has 0 bridgehead atoms. The molecular weight excluding hydrogens is 386 g/mol. The van der Waals surface area contributed by atoms with Crippen molar-refractivity contribution in [2.24, 2.45) is 0 Å². The summed E-state index contributed by atoms with van der Waals surface area (Å²) in [6.07, 6.45) is 2.48. The van der Waals surface area contributed by atoms with E-state index in [2.05, 4.69) is 0 Å². The number of rotatable bonds is 9. The fraction of sp³-hybridized carbons (Fsp3) is 0.391. The van der Waals surface area contributed by atoms with Crippen LogP contribution in [0.25, 0.3) is 0 Å². The van der Waals surface area contributed by atoms with Crippen LogP contribution in [0, 0.1) is 0 Å². The number of benzene rings is 2. The van der Waals surface area contributed by atoms with E-state index in [4.69, 9.17) is 18.9 Å². The van der Waals surface area contributed by atoms with Gasteiger partial charge in [-0.05, 0) is 56.2 Å². The molecule has 2 aromatic carbocycles. The summed E-state index contributed by atoms with van der Waals surface area (Å²) in [5.74, 6) is 2.21. The second-order valence-corrected chi connectivity index (χ2v) is 6.90. The molecular formula is C23H27NO6. The van der Waals surface area contributed by atoms with Crippen molar-refractivity contribution in [3.05, 3.63) is 47.5 Å². The normalized spacial score (nSPS) is 15.6. The Hall–Kier alpha value is -3.22. The standard InChI is InChI=1S/C23H27NO6/c1-4-29-22-12-16(14-25)7-9-21(22)30-15-23(26)24-11-5-6-19(24)18-13-17(27-2)8-10-20(18)28-3/h7-10,12-14,19H,4-6,11,15H2,1-3H3/t19-/m0/s1. The van der Waals surface area contributed by atoms with Crippen LogP contribution in [0.2, 0.25) is 0 Å². The Balaban J connectivity index is 1.75. The van der Waals surface area contributed by atoms with Gasteiger partial charge in [-0.25, -0.2) is 0 Å². The molecule has 0 saturated carbocycles. The van der Waals surface area contributed by atoms with Crippen molar-refractivity contribution >= 4 is 12.2 Å². The summed E-state index contributed by atoms with van der Waals surface area (Å²) in [4.78, 5) is 25.8. The number of hydrogen-bond acceptors (Lipinski definition) is 6. The summed E-state index contributed by atoms with van der Waals surface area (Å²) >= 11 is 0. The molecule has 1 aliphatic rings. The van der Waals surface area contributed by atoms with Crippen molar-refractivity contribution in [2.45, 2.75) is 25.8 Å². The fourth-order valence-corrected chi connectivity index (χ4v) is 3.70. The van der Waals surface area contributed by atoms with Gasteiger partial charge in [-0.15, -0.1) is 0 Å². The zero-order valence-corrected chi connectivity index (χ0v) is 17.6. The quantitative estimate of drug-likeness (QED) is 0.584. The molecule has 3 rings (SSSR count). The average Bonchev–Trinajstić information content (AvgIpc) is 3.27. The molecule has 0 radical (unpaired) electrons. The van der Waals surface area contributed by atoms with Gasteiger partial charge >= 0.3 is 0 Å². The molecule has 30 heavy (non-hydrogen) atoms. The number of methoxy groups -OCH3 is 2. The van der Waals surface area contributed by atoms with Crippen LogP contribution in [0.15, 0.2) is 36.4 Å². The second kappa shape index (κ2) is 10.0. The maximum atomic E-state index is 13.0. The number of nitrogens with zero attached hydrogens (tertiary/aromatic N) is 1. The molecule has 1 heterocycles. The number of carbonyl (C=O) groups is 2. The van der Waals surface area contributed by atoms with E-state index in [-0.39, 0.29) is 18.6 Å². The third kappa shape index (κ3) is 4.67. The molecule has 0 N–H and O–H groups in total. The van der Waals surface area contributed by atoms with Gasteiger partial charge in [0.2, 0.25) is 0 Å². The number of amides is 1. The van der Waals surface area contributed by atoms with Crippen LogP contribution in [0.1, 0.15) is 41.7 Å². The number of ether oxygens (including phenoxy) is 4. The molecule has 7 heteroatoms. The van der Waals surface area contributed by atoms with Gasteiger partial charge in [0.1, 0.15) is 17.8 Å². The number of carbonyl (C=O) groups excluding carboxylic acids is 2. The van der Waals surface area contributed by atoms with E-state index in [1.54, 1.807) is 32.4 Å². The molecule has 1 amide bonds. The number of aldehydes is 1. The molecule has 7 nitrogen and oxygen atoms in total. The molecule has 0 unspecified atom stereocenters. The molecule has 0 spiro atoms. The summed E-state index contributed by atoms with van der Waals surface area (Å²) < 4.78 is 22.2. The first-order chi connectivity index (χ1) is 14.6. The van der Waals surface area contributed by atoms with Gasteiger partial charge in [-0.3, -0.25) is 9.59 Å². The predicted octanol–water partition coefficient (Wildman–Crippen LogP) is 3.66. The van der Waals surface area contributed by atoms with Crippen LogP contribution < -0.4 is 18.9 Å². The highest BCUT2D eigenvalue weighted by atomic mass is 16.5. The van der Waals surface area contributed by atoms with E-state index in [0.717, 1.165) is 36.2 Å². The summed E-state index contributed by atoms with van der Waals surface area (Å²) in [5.41, 5.74) is 1.41. The lowest BCUT2D eigenvalue weighted by molar-refractivity contribution is -0.134. The van der Waals surface area contributed by atoms with Crippen LogP contribution in [0.4, 0.5) is 0 Å². The molecule has 0 aromatic heterocycles. The molecule has 1 saturated heterocycles. The zero-order valence-electron chi connectivity index (χ0n) is 17.6. The van der Waals surface area contributed by atoms with Crippen molar-refractivity contribution in [1.29, 1.82) is 0 Å². The molecule has 160 valence electrons. The van der Waals surface area contributed by atoms with Gasteiger partial charge in [-0.1, -0.05) is 0 Å². The Morgan fingerprint density at radius 3 is 2.57 bits per heavy atom. The first-order valence-corrected chi connectivity index (χ1v) is 9.97. The fourth-order valence-electron chi connectivity index (χ4n) is 3.70. The third-order valence-corrected chi connectivity index (χ3v) is 5.12. The summed E-state index contributed by atoms with van der Waals surface area (Å²) in [5, 5.41) is 0. The van der Waals surface area contributed by atoms with Crippen LogP contribution in [-0.4, -0.2) is 51.1 Å². The molecule has 1 aliphatic heterocycles. The number of likely N-dealkylation sites (tertiary alicyclic amines) is 1. The Labute approximate surface area is 176 Å². The van der Waals surface area contributed by atoms with Gasteiger partial charge in [0.15, 0.2) is 18.1 Å². The lowest BCUT2D eigenvalue weighted by atomic mass is 10.0. The molecule has 1 atom stereocenters. The van der Waals surface area contributed by atoms with Gasteiger partial charge in [0.05, 0.1) is 26.9 Å². The highest BCUT2D eigenvalue weighted by molar-refractivity contribution is 5.79. The number of hydrogen-bond donors (Lipinski definition) is 0. The van der Waals surface area contributed by atoms with Crippen LogP contribution in [0.3, 0.4) is 0 Å². The Kier molecular flexibility index (Phi) is 7.17. The third-order valence-electron chi connectivity index (χ3n) is 5.12. The monoisotopic (exact) mass is 413 g/mol. The van der Waals surface area contributed by atoms with E-state index in [9.17, 15) is 9.59 Å². The Morgan fingerprint density at radius 2 is 1.87 bits per heavy atom. The largest absolute Gasteiger partial charge is 0.497 e. The minimum Gasteiger partial charge on any atom is -0.497 e. The lowest BCUT2D eigenvalue weighted by Crippen LogP contribution is -2.34. The summed E-state index contributed by atoms with van der Waals surface area (Å²) in [6.45, 7) is 2.80. The summed E-state index contributed by atoms with van der Waals surface area (Å²) in [7, 11) is 3.23. The maximum absolute atomic E-state index is 13.0. The average molecular weight is 413 g/mol. The topological polar surface area (TPSA) is 74.3 Å². The molecule has 2 aromatic rings. The van der Waals surface area contributed by atoms with E-state index in [1.807, 2.05) is 30.0 Å². The Morgan fingerprint density at radius 1 is 1.07 bits per heavy atom. The first-order valence-electron chi connectivity index (χ1n) is 9.97. The minimum absolute atomic E-state index is 0.102. The van der Waals surface area contributed by atoms with Gasteiger partial charge in [-0.2, -0.15) is 0 Å². The van der Waals surface area contributed by atoms with Gasteiger partial charge < -0.3 is 23.8 Å². The van der Waals surface area contributed by atoms with Crippen molar-refractivity contribution in [3.63, 3.8) is 0 Å². The predicted molar refractivity (Wildman–Crippen MR) is 112 cm³/mol. The van der Waals surface area contributed by atoms with Gasteiger partial charge in [0.25, 0.3) is 5.91 Å². The smallest absolute Gasteiger partial charge is 0.261 e.